The lowest BCUT2D eigenvalue weighted by Gasteiger charge is -2.06. The Morgan fingerprint density at radius 2 is 2.38 bits per heavy atom. The van der Waals surface area contributed by atoms with E-state index in [0.29, 0.717) is 5.69 Å². The molecule has 70 valence electrons. The van der Waals surface area contributed by atoms with Crippen LogP contribution in [0.2, 0.25) is 0 Å². The van der Waals surface area contributed by atoms with E-state index in [9.17, 15) is 9.18 Å². The second-order valence-corrected chi connectivity index (χ2v) is 2.61. The topological polar surface area (TPSA) is 76.2 Å². The van der Waals surface area contributed by atoms with E-state index in [1.54, 1.807) is 0 Å². The molecule has 0 fully saturated rings. The minimum Gasteiger partial charge on any atom is -0.481 e. The van der Waals surface area contributed by atoms with E-state index >= 15 is 0 Å². The van der Waals surface area contributed by atoms with Crippen LogP contribution >= 0.6 is 0 Å². The number of rotatable bonds is 3. The molecule has 5 heteroatoms. The fourth-order valence-corrected chi connectivity index (χ4v) is 0.899. The van der Waals surface area contributed by atoms with Gasteiger partial charge in [-0.2, -0.15) is 0 Å². The van der Waals surface area contributed by atoms with Crippen LogP contribution in [0.3, 0.4) is 0 Å². The van der Waals surface area contributed by atoms with Gasteiger partial charge in [-0.05, 0) is 12.1 Å². The van der Waals surface area contributed by atoms with Gasteiger partial charge in [0, 0.05) is 0 Å². The summed E-state index contributed by atoms with van der Waals surface area (Å²) in [5.74, 6) is -1.47. The van der Waals surface area contributed by atoms with Gasteiger partial charge in [-0.3, -0.25) is 9.78 Å². The van der Waals surface area contributed by atoms with Gasteiger partial charge in [0.1, 0.15) is 5.82 Å². The minimum absolute atomic E-state index is 0.210. The normalized spacial score (nSPS) is 12.5. The highest BCUT2D eigenvalue weighted by atomic mass is 19.1. The Labute approximate surface area is 74.2 Å². The fraction of sp³-hybridized carbons (Fsp3) is 0.250. The van der Waals surface area contributed by atoms with Gasteiger partial charge < -0.3 is 10.8 Å². The van der Waals surface area contributed by atoms with E-state index < -0.39 is 17.8 Å². The first kappa shape index (κ1) is 9.60. The number of pyridine rings is 1. The summed E-state index contributed by atoms with van der Waals surface area (Å²) in [6.45, 7) is 0. The molecule has 0 radical (unpaired) electrons. The van der Waals surface area contributed by atoms with Crippen molar-refractivity contribution in [2.75, 3.05) is 0 Å². The molecule has 0 aromatic carbocycles. The van der Waals surface area contributed by atoms with Gasteiger partial charge >= 0.3 is 5.97 Å². The van der Waals surface area contributed by atoms with Crippen molar-refractivity contribution in [2.24, 2.45) is 5.73 Å². The summed E-state index contributed by atoms with van der Waals surface area (Å²) in [7, 11) is 0. The van der Waals surface area contributed by atoms with Crippen LogP contribution in [-0.4, -0.2) is 16.1 Å². The number of aliphatic carboxylic acids is 1. The second kappa shape index (κ2) is 3.95. The van der Waals surface area contributed by atoms with E-state index in [4.69, 9.17) is 10.8 Å². The first-order valence-corrected chi connectivity index (χ1v) is 3.68. The van der Waals surface area contributed by atoms with Gasteiger partial charge in [-0.25, -0.2) is 4.39 Å². The average Bonchev–Trinajstić information content (AvgIpc) is 2.04. The zero-order valence-electron chi connectivity index (χ0n) is 6.77. The molecule has 0 saturated heterocycles. The van der Waals surface area contributed by atoms with Crippen molar-refractivity contribution < 1.29 is 14.3 Å². The van der Waals surface area contributed by atoms with Gasteiger partial charge in [0.2, 0.25) is 0 Å². The predicted molar refractivity (Wildman–Crippen MR) is 43.4 cm³/mol. The number of carboxylic acid groups (broad SMARTS) is 1. The van der Waals surface area contributed by atoms with Crippen molar-refractivity contribution in [3.8, 4) is 0 Å². The summed E-state index contributed by atoms with van der Waals surface area (Å²) in [6.07, 6.45) is 0.801. The number of nitrogens with zero attached hydrogens (tertiary/aromatic N) is 1. The monoisotopic (exact) mass is 184 g/mol. The summed E-state index contributed by atoms with van der Waals surface area (Å²) >= 11 is 0. The molecule has 0 aliphatic heterocycles. The summed E-state index contributed by atoms with van der Waals surface area (Å²) in [6, 6.07) is 1.89. The highest BCUT2D eigenvalue weighted by Crippen LogP contribution is 2.10. The van der Waals surface area contributed by atoms with Crippen LogP contribution in [0.15, 0.2) is 18.3 Å². The molecule has 13 heavy (non-hydrogen) atoms. The summed E-state index contributed by atoms with van der Waals surface area (Å²) in [5.41, 5.74) is 5.86. The Hall–Kier alpha value is -1.49. The summed E-state index contributed by atoms with van der Waals surface area (Å²) in [4.78, 5) is 13.9. The number of aromatic nitrogens is 1. The number of halogens is 1. The maximum absolute atomic E-state index is 12.4. The average molecular weight is 184 g/mol. The Balaban J connectivity index is 2.71. The van der Waals surface area contributed by atoms with Gasteiger partial charge in [0.15, 0.2) is 0 Å². The Morgan fingerprint density at radius 3 is 2.85 bits per heavy atom. The third kappa shape index (κ3) is 2.79. The maximum atomic E-state index is 12.4. The van der Waals surface area contributed by atoms with Crippen LogP contribution in [0.4, 0.5) is 4.39 Å². The van der Waals surface area contributed by atoms with Crippen LogP contribution < -0.4 is 5.73 Å². The molecule has 1 heterocycles. The number of hydrogen-bond acceptors (Lipinski definition) is 3. The lowest BCUT2D eigenvalue weighted by atomic mass is 10.1. The number of carboxylic acids is 1. The summed E-state index contributed by atoms with van der Waals surface area (Å²) < 4.78 is 12.4. The van der Waals surface area contributed by atoms with Gasteiger partial charge in [-0.1, -0.05) is 0 Å². The predicted octanol–water partition coefficient (Wildman–Crippen LogP) is 0.695. The lowest BCUT2D eigenvalue weighted by Crippen LogP contribution is -2.16. The molecule has 0 saturated carbocycles. The third-order valence-corrected chi connectivity index (χ3v) is 1.52. The molecule has 1 rings (SSSR count). The maximum Gasteiger partial charge on any atom is 0.305 e. The van der Waals surface area contributed by atoms with E-state index in [0.717, 1.165) is 6.20 Å². The zero-order valence-corrected chi connectivity index (χ0v) is 6.77. The zero-order chi connectivity index (χ0) is 9.84. The molecule has 4 nitrogen and oxygen atoms in total. The van der Waals surface area contributed by atoms with E-state index in [2.05, 4.69) is 4.98 Å². The van der Waals surface area contributed by atoms with Crippen molar-refractivity contribution >= 4 is 5.97 Å². The second-order valence-electron chi connectivity index (χ2n) is 2.61. The standard InChI is InChI=1S/C8H9FN2O2/c9-5-1-2-7(11-4-5)6(10)3-8(12)13/h1-2,4,6H,3,10H2,(H,12,13)/t6-/m1/s1. The number of nitrogens with two attached hydrogens (primary N) is 1. The molecule has 0 aliphatic rings. The molecule has 1 aromatic rings. The number of carbonyl (C=O) groups is 1. The highest BCUT2D eigenvalue weighted by molar-refractivity contribution is 5.67. The van der Waals surface area contributed by atoms with E-state index in [1.807, 2.05) is 0 Å². The molecule has 1 atom stereocenters. The molecule has 0 spiro atoms. The Kier molecular flexibility index (Phi) is 2.92. The SMILES string of the molecule is N[C@H](CC(=O)O)c1ccc(F)cn1. The van der Waals surface area contributed by atoms with E-state index in [-0.39, 0.29) is 6.42 Å². The van der Waals surface area contributed by atoms with Crippen LogP contribution in [0.5, 0.6) is 0 Å². The van der Waals surface area contributed by atoms with Gasteiger partial charge in [-0.15, -0.1) is 0 Å². The Morgan fingerprint density at radius 1 is 1.69 bits per heavy atom. The van der Waals surface area contributed by atoms with Gasteiger partial charge in [0.05, 0.1) is 24.4 Å². The van der Waals surface area contributed by atoms with Crippen LogP contribution in [-0.2, 0) is 4.79 Å². The molecule has 0 aliphatic carbocycles. The number of hydrogen-bond donors (Lipinski definition) is 2. The molecule has 3 N–H and O–H groups in total. The van der Waals surface area contributed by atoms with Crippen LogP contribution in [0.1, 0.15) is 18.2 Å². The van der Waals surface area contributed by atoms with Crippen molar-refractivity contribution in [1.29, 1.82) is 0 Å². The quantitative estimate of drug-likeness (QED) is 0.724. The molecular formula is C8H9FN2O2. The fourth-order valence-electron chi connectivity index (χ4n) is 0.899. The first-order chi connectivity index (χ1) is 6.09. The minimum atomic E-state index is -1.00. The smallest absolute Gasteiger partial charge is 0.305 e. The van der Waals surface area contributed by atoms with Crippen molar-refractivity contribution in [3.05, 3.63) is 29.8 Å². The van der Waals surface area contributed by atoms with Gasteiger partial charge in [0.25, 0.3) is 0 Å². The molecular weight excluding hydrogens is 175 g/mol. The lowest BCUT2D eigenvalue weighted by molar-refractivity contribution is -0.137. The third-order valence-electron chi connectivity index (χ3n) is 1.52. The highest BCUT2D eigenvalue weighted by Gasteiger charge is 2.11. The summed E-state index contributed by atoms with van der Waals surface area (Å²) in [5, 5.41) is 8.42. The first-order valence-electron chi connectivity index (χ1n) is 3.68. The largest absolute Gasteiger partial charge is 0.481 e. The van der Waals surface area contributed by atoms with E-state index in [1.165, 1.54) is 12.1 Å². The Bertz CT molecular complexity index is 300. The van der Waals surface area contributed by atoms with Crippen molar-refractivity contribution in [2.45, 2.75) is 12.5 Å². The molecule has 1 aromatic heterocycles. The van der Waals surface area contributed by atoms with Crippen molar-refractivity contribution in [1.82, 2.24) is 4.98 Å². The molecule has 0 amide bonds. The van der Waals surface area contributed by atoms with Crippen LogP contribution in [0.25, 0.3) is 0 Å². The molecule has 0 bridgehead atoms. The molecule has 0 unspecified atom stereocenters. The van der Waals surface area contributed by atoms with Crippen LogP contribution in [0, 0.1) is 5.82 Å². The van der Waals surface area contributed by atoms with Crippen molar-refractivity contribution in [3.63, 3.8) is 0 Å².